The van der Waals surface area contributed by atoms with Gasteiger partial charge in [-0.1, -0.05) is 19.9 Å². The molecular weight excluding hydrogens is 238 g/mol. The van der Waals surface area contributed by atoms with Crippen molar-refractivity contribution in [1.29, 1.82) is 0 Å². The van der Waals surface area contributed by atoms with Crippen LogP contribution in [0, 0.1) is 5.92 Å². The van der Waals surface area contributed by atoms with Gasteiger partial charge in [0.05, 0.1) is 13.7 Å². The van der Waals surface area contributed by atoms with E-state index in [1.165, 1.54) is 12.0 Å². The minimum absolute atomic E-state index is 0.155. The first-order valence-electron chi connectivity index (χ1n) is 7.08. The zero-order valence-electron chi connectivity index (χ0n) is 12.6. The van der Waals surface area contributed by atoms with Crippen LogP contribution in [0.5, 0.6) is 11.5 Å². The van der Waals surface area contributed by atoms with E-state index in [2.05, 4.69) is 19.9 Å². The summed E-state index contributed by atoms with van der Waals surface area (Å²) >= 11 is 0. The molecule has 1 atom stereocenters. The second-order valence-electron chi connectivity index (χ2n) is 5.55. The van der Waals surface area contributed by atoms with Crippen LogP contribution in [0.15, 0.2) is 18.2 Å². The Morgan fingerprint density at radius 3 is 2.47 bits per heavy atom. The average Bonchev–Trinajstić information content (AvgIpc) is 2.34. The lowest BCUT2D eigenvalue weighted by Gasteiger charge is -2.13. The standard InChI is InChI=1S/C16H27NO2/c1-12(2)6-5-9-19-15-8-7-14(10-13(3)17)11-16(15)18-4/h7-8,11-13H,5-6,9-10,17H2,1-4H3. The van der Waals surface area contributed by atoms with Crippen LogP contribution < -0.4 is 15.2 Å². The Morgan fingerprint density at radius 2 is 1.89 bits per heavy atom. The number of methoxy groups -OCH3 is 1. The van der Waals surface area contributed by atoms with Gasteiger partial charge in [-0.05, 0) is 49.8 Å². The highest BCUT2D eigenvalue weighted by atomic mass is 16.5. The Bertz CT molecular complexity index is 375. The Morgan fingerprint density at radius 1 is 1.16 bits per heavy atom. The summed E-state index contributed by atoms with van der Waals surface area (Å²) in [7, 11) is 1.67. The van der Waals surface area contributed by atoms with E-state index in [-0.39, 0.29) is 6.04 Å². The van der Waals surface area contributed by atoms with Gasteiger partial charge in [0.2, 0.25) is 0 Å². The fourth-order valence-corrected chi connectivity index (χ4v) is 2.00. The molecule has 0 aliphatic rings. The van der Waals surface area contributed by atoms with Crippen molar-refractivity contribution in [2.75, 3.05) is 13.7 Å². The number of nitrogens with two attached hydrogens (primary N) is 1. The van der Waals surface area contributed by atoms with Crippen molar-refractivity contribution in [2.45, 2.75) is 46.1 Å². The fraction of sp³-hybridized carbons (Fsp3) is 0.625. The SMILES string of the molecule is COc1cc(CC(C)N)ccc1OCCCC(C)C. The van der Waals surface area contributed by atoms with Gasteiger partial charge >= 0.3 is 0 Å². The van der Waals surface area contributed by atoms with E-state index < -0.39 is 0 Å². The van der Waals surface area contributed by atoms with E-state index in [1.807, 2.05) is 19.1 Å². The predicted octanol–water partition coefficient (Wildman–Crippen LogP) is 3.40. The Hall–Kier alpha value is -1.22. The van der Waals surface area contributed by atoms with E-state index in [9.17, 15) is 0 Å². The molecule has 0 spiro atoms. The van der Waals surface area contributed by atoms with Crippen LogP contribution in [0.1, 0.15) is 39.2 Å². The lowest BCUT2D eigenvalue weighted by molar-refractivity contribution is 0.279. The molecule has 1 unspecified atom stereocenters. The van der Waals surface area contributed by atoms with Gasteiger partial charge in [-0.3, -0.25) is 0 Å². The van der Waals surface area contributed by atoms with E-state index in [1.54, 1.807) is 7.11 Å². The molecule has 0 amide bonds. The van der Waals surface area contributed by atoms with Gasteiger partial charge in [-0.2, -0.15) is 0 Å². The number of ether oxygens (including phenoxy) is 2. The average molecular weight is 265 g/mol. The third-order valence-corrected chi connectivity index (χ3v) is 2.97. The van der Waals surface area contributed by atoms with Crippen molar-refractivity contribution >= 4 is 0 Å². The van der Waals surface area contributed by atoms with Crippen LogP contribution in [0.4, 0.5) is 0 Å². The molecule has 3 heteroatoms. The minimum atomic E-state index is 0.155. The van der Waals surface area contributed by atoms with Crippen LogP contribution in [-0.4, -0.2) is 19.8 Å². The van der Waals surface area contributed by atoms with Crippen molar-refractivity contribution in [2.24, 2.45) is 11.7 Å². The quantitative estimate of drug-likeness (QED) is 0.733. The molecule has 0 aromatic heterocycles. The first-order chi connectivity index (χ1) is 9.02. The Balaban J connectivity index is 2.57. The van der Waals surface area contributed by atoms with Gasteiger partial charge in [0.15, 0.2) is 11.5 Å². The van der Waals surface area contributed by atoms with E-state index >= 15 is 0 Å². The van der Waals surface area contributed by atoms with Gasteiger partial charge in [0.1, 0.15) is 0 Å². The highest BCUT2D eigenvalue weighted by Crippen LogP contribution is 2.28. The Labute approximate surface area is 117 Å². The van der Waals surface area contributed by atoms with Crippen LogP contribution >= 0.6 is 0 Å². The minimum Gasteiger partial charge on any atom is -0.493 e. The summed E-state index contributed by atoms with van der Waals surface area (Å²) in [6, 6.07) is 6.21. The molecule has 1 aromatic carbocycles. The van der Waals surface area contributed by atoms with Crippen molar-refractivity contribution in [1.82, 2.24) is 0 Å². The molecule has 0 heterocycles. The highest BCUT2D eigenvalue weighted by molar-refractivity contribution is 5.43. The van der Waals surface area contributed by atoms with Crippen molar-refractivity contribution in [3.63, 3.8) is 0 Å². The first kappa shape index (κ1) is 15.8. The molecule has 1 rings (SSSR count). The maximum absolute atomic E-state index is 5.81. The first-order valence-corrected chi connectivity index (χ1v) is 7.08. The second-order valence-corrected chi connectivity index (χ2v) is 5.55. The summed E-state index contributed by atoms with van der Waals surface area (Å²) in [6.07, 6.45) is 3.11. The summed E-state index contributed by atoms with van der Waals surface area (Å²) in [6.45, 7) is 7.19. The summed E-state index contributed by atoms with van der Waals surface area (Å²) in [5, 5.41) is 0. The lowest BCUT2D eigenvalue weighted by Crippen LogP contribution is -2.17. The van der Waals surface area contributed by atoms with Crippen molar-refractivity contribution in [3.8, 4) is 11.5 Å². The molecule has 0 aliphatic heterocycles. The number of hydrogen-bond acceptors (Lipinski definition) is 3. The molecule has 0 bridgehead atoms. The van der Waals surface area contributed by atoms with Crippen molar-refractivity contribution in [3.05, 3.63) is 23.8 Å². The largest absolute Gasteiger partial charge is 0.493 e. The molecule has 0 saturated heterocycles. The maximum Gasteiger partial charge on any atom is 0.161 e. The highest BCUT2D eigenvalue weighted by Gasteiger charge is 2.07. The normalized spacial score (nSPS) is 12.5. The molecule has 108 valence electrons. The summed E-state index contributed by atoms with van der Waals surface area (Å²) in [4.78, 5) is 0. The van der Waals surface area contributed by atoms with Crippen molar-refractivity contribution < 1.29 is 9.47 Å². The summed E-state index contributed by atoms with van der Waals surface area (Å²) in [5.41, 5.74) is 6.99. The van der Waals surface area contributed by atoms with Gasteiger partial charge < -0.3 is 15.2 Å². The monoisotopic (exact) mass is 265 g/mol. The lowest BCUT2D eigenvalue weighted by atomic mass is 10.1. The molecule has 19 heavy (non-hydrogen) atoms. The summed E-state index contributed by atoms with van der Waals surface area (Å²) in [5.74, 6) is 2.33. The van der Waals surface area contributed by atoms with Crippen LogP contribution in [0.3, 0.4) is 0 Å². The van der Waals surface area contributed by atoms with Crippen LogP contribution in [0.25, 0.3) is 0 Å². The molecular formula is C16H27NO2. The topological polar surface area (TPSA) is 44.5 Å². The van der Waals surface area contributed by atoms with E-state index in [4.69, 9.17) is 15.2 Å². The summed E-state index contributed by atoms with van der Waals surface area (Å²) < 4.78 is 11.2. The van der Waals surface area contributed by atoms with Gasteiger partial charge in [-0.25, -0.2) is 0 Å². The fourth-order valence-electron chi connectivity index (χ4n) is 2.00. The van der Waals surface area contributed by atoms with Gasteiger partial charge in [0, 0.05) is 6.04 Å². The molecule has 1 aromatic rings. The zero-order valence-corrected chi connectivity index (χ0v) is 12.6. The van der Waals surface area contributed by atoms with Crippen LogP contribution in [-0.2, 0) is 6.42 Å². The predicted molar refractivity (Wildman–Crippen MR) is 79.9 cm³/mol. The molecule has 3 nitrogen and oxygen atoms in total. The number of benzene rings is 1. The number of rotatable bonds is 8. The van der Waals surface area contributed by atoms with E-state index in [0.717, 1.165) is 36.9 Å². The maximum atomic E-state index is 5.81. The molecule has 0 radical (unpaired) electrons. The molecule has 0 fully saturated rings. The van der Waals surface area contributed by atoms with Gasteiger partial charge in [0.25, 0.3) is 0 Å². The molecule has 0 aliphatic carbocycles. The molecule has 0 saturated carbocycles. The number of hydrogen-bond donors (Lipinski definition) is 1. The zero-order chi connectivity index (χ0) is 14.3. The third kappa shape index (κ3) is 5.97. The second kappa shape index (κ2) is 8.05. The van der Waals surface area contributed by atoms with E-state index in [0.29, 0.717) is 0 Å². The molecule has 2 N–H and O–H groups in total. The van der Waals surface area contributed by atoms with Crippen LogP contribution in [0.2, 0.25) is 0 Å². The smallest absolute Gasteiger partial charge is 0.161 e. The third-order valence-electron chi connectivity index (χ3n) is 2.97. The Kier molecular flexibility index (Phi) is 6.71. The van der Waals surface area contributed by atoms with Gasteiger partial charge in [-0.15, -0.1) is 0 Å².